The van der Waals surface area contributed by atoms with Crippen LogP contribution in [0.2, 0.25) is 10.0 Å². The number of aliphatic hydroxyl groups is 2. The molecule has 4 aromatic rings. The summed E-state index contributed by atoms with van der Waals surface area (Å²) in [4.78, 5) is 16.9. The molecule has 0 aliphatic carbocycles. The Balaban J connectivity index is 0.000000246. The van der Waals surface area contributed by atoms with E-state index in [1.54, 1.807) is 36.4 Å². The van der Waals surface area contributed by atoms with Gasteiger partial charge in [0.1, 0.15) is 0 Å². The molecule has 2 saturated heterocycles. The molecule has 0 amide bonds. The number of β-amino-alcohol motifs (C(OH)–C–C–N with tert-alkyl or cyclic N) is 1. The number of ketones is 1. The van der Waals surface area contributed by atoms with Crippen LogP contribution in [0.3, 0.4) is 0 Å². The highest BCUT2D eigenvalue weighted by Crippen LogP contribution is 2.27. The normalized spacial score (nSPS) is 18.1. The van der Waals surface area contributed by atoms with Crippen LogP contribution in [0.25, 0.3) is 0 Å². The van der Waals surface area contributed by atoms with Crippen LogP contribution in [0.1, 0.15) is 47.7 Å². The number of anilines is 2. The topological polar surface area (TPSA) is 139 Å². The second-order valence-corrected chi connectivity index (χ2v) is 19.5. The van der Waals surface area contributed by atoms with Gasteiger partial charge >= 0.3 is 0 Å². The summed E-state index contributed by atoms with van der Waals surface area (Å²) in [5, 5.41) is 18.8. The lowest BCUT2D eigenvalue weighted by molar-refractivity contribution is 0.0859. The average Bonchev–Trinajstić information content (AvgIpc) is 3.20. The number of likely N-dealkylation sites (tertiary alicyclic amines) is 2. The second kappa shape index (κ2) is 22.7. The van der Waals surface area contributed by atoms with Crippen LogP contribution in [0.4, 0.5) is 11.4 Å². The Morgan fingerprint density at radius 1 is 0.672 bits per heavy atom. The molecule has 0 radical (unpaired) electrons. The third-order valence-electron chi connectivity index (χ3n) is 10.2. The maximum Gasteiger partial charge on any atom is 0.232 e. The van der Waals surface area contributed by atoms with Gasteiger partial charge in [0.2, 0.25) is 20.0 Å². The number of rotatable bonds is 14. The number of halogens is 2. The van der Waals surface area contributed by atoms with Crippen molar-refractivity contribution in [3.05, 3.63) is 130 Å². The van der Waals surface area contributed by atoms with Gasteiger partial charge < -0.3 is 15.1 Å². The summed E-state index contributed by atoms with van der Waals surface area (Å²) in [7, 11) is -5.72. The molecule has 0 saturated carbocycles. The van der Waals surface area contributed by atoms with Crippen molar-refractivity contribution in [2.24, 2.45) is 11.8 Å². The minimum atomic E-state index is -3.37. The van der Waals surface area contributed by atoms with Gasteiger partial charge in [0.15, 0.2) is 5.78 Å². The average molecular weight is 876 g/mol. The quantitative estimate of drug-likeness (QED) is 0.130. The number of piperidine rings is 2. The standard InChI is InChI=1S/C21H27ClN2O3S.C21H25ClN2O3S.CH4O/c2*1-28(26,27)24(20-7-3-2-4-8-20)15-17-6-5-13-23(14-17)16-21(25)18-9-11-19(22)12-10-18;1-2/h2-4,7-12,17,21,25H,5-6,13-16H2,1H3;2-4,7-12,17H,5-6,13-16H2,1H3;2H,1H3. The fourth-order valence-corrected chi connectivity index (χ4v) is 9.62. The zero-order chi connectivity index (χ0) is 42.3. The third-order valence-corrected chi connectivity index (χ3v) is 13.0. The molecule has 58 heavy (non-hydrogen) atoms. The van der Waals surface area contributed by atoms with Gasteiger partial charge in [-0.25, -0.2) is 16.8 Å². The van der Waals surface area contributed by atoms with E-state index in [-0.39, 0.29) is 17.6 Å². The van der Waals surface area contributed by atoms with E-state index in [1.165, 1.54) is 21.1 Å². The molecule has 0 bridgehead atoms. The minimum absolute atomic E-state index is 0.0559. The van der Waals surface area contributed by atoms with Crippen molar-refractivity contribution in [3.63, 3.8) is 0 Å². The van der Waals surface area contributed by atoms with E-state index in [0.717, 1.165) is 58.0 Å². The zero-order valence-corrected chi connectivity index (χ0v) is 36.6. The Bertz CT molecular complexity index is 2060. The van der Waals surface area contributed by atoms with Crippen LogP contribution < -0.4 is 8.61 Å². The molecule has 0 aromatic heterocycles. The van der Waals surface area contributed by atoms with Crippen LogP contribution in [0.15, 0.2) is 109 Å². The first-order chi connectivity index (χ1) is 27.7. The lowest BCUT2D eigenvalue weighted by Crippen LogP contribution is -2.44. The monoisotopic (exact) mass is 874 g/mol. The van der Waals surface area contributed by atoms with E-state index >= 15 is 0 Å². The third kappa shape index (κ3) is 14.9. The van der Waals surface area contributed by atoms with Crippen molar-refractivity contribution in [1.82, 2.24) is 9.80 Å². The van der Waals surface area contributed by atoms with Crippen LogP contribution in [0.5, 0.6) is 0 Å². The Labute approximate surface area is 354 Å². The van der Waals surface area contributed by atoms with Crippen molar-refractivity contribution in [3.8, 4) is 0 Å². The Hall–Kier alpha value is -3.53. The van der Waals surface area contributed by atoms with Crippen LogP contribution in [-0.2, 0) is 20.0 Å². The van der Waals surface area contributed by atoms with E-state index < -0.39 is 26.2 Å². The molecule has 2 aliphatic heterocycles. The molecule has 2 heterocycles. The summed E-state index contributed by atoms with van der Waals surface area (Å²) in [6.07, 6.45) is 5.78. The van der Waals surface area contributed by atoms with Crippen LogP contribution in [0, 0.1) is 11.8 Å². The van der Waals surface area contributed by atoms with Crippen LogP contribution >= 0.6 is 23.2 Å². The molecule has 3 unspecified atom stereocenters. The second-order valence-electron chi connectivity index (χ2n) is 14.8. The van der Waals surface area contributed by atoms with E-state index in [9.17, 15) is 26.7 Å². The van der Waals surface area contributed by atoms with Crippen molar-refractivity contribution in [2.45, 2.75) is 31.8 Å². The van der Waals surface area contributed by atoms with Crippen molar-refractivity contribution in [2.75, 3.05) is 80.6 Å². The zero-order valence-electron chi connectivity index (χ0n) is 33.4. The van der Waals surface area contributed by atoms with Gasteiger partial charge in [-0.3, -0.25) is 18.3 Å². The van der Waals surface area contributed by atoms with Crippen molar-refractivity contribution < 1.29 is 31.8 Å². The maximum absolute atomic E-state index is 12.5. The van der Waals surface area contributed by atoms with Gasteiger partial charge in [-0.2, -0.15) is 0 Å². The number of hydrogen-bond acceptors (Lipinski definition) is 9. The molecular weight excluding hydrogens is 820 g/mol. The first-order valence-electron chi connectivity index (χ1n) is 19.3. The molecule has 4 aromatic carbocycles. The summed E-state index contributed by atoms with van der Waals surface area (Å²) in [5.74, 6) is 0.461. The predicted molar refractivity (Wildman–Crippen MR) is 236 cm³/mol. The Morgan fingerprint density at radius 2 is 1.09 bits per heavy atom. The number of Topliss-reactive ketones (excluding diaryl/α,β-unsaturated/α-hetero) is 1. The summed E-state index contributed by atoms with van der Waals surface area (Å²) >= 11 is 11.8. The predicted octanol–water partition coefficient (Wildman–Crippen LogP) is 6.86. The summed E-state index contributed by atoms with van der Waals surface area (Å²) in [6.45, 7) is 4.97. The largest absolute Gasteiger partial charge is 0.400 e. The summed E-state index contributed by atoms with van der Waals surface area (Å²) in [6, 6.07) is 32.6. The summed E-state index contributed by atoms with van der Waals surface area (Å²) in [5.41, 5.74) is 2.87. The highest BCUT2D eigenvalue weighted by molar-refractivity contribution is 7.92. The van der Waals surface area contributed by atoms with Gasteiger partial charge in [0.25, 0.3) is 0 Å². The smallest absolute Gasteiger partial charge is 0.232 e. The van der Waals surface area contributed by atoms with Crippen molar-refractivity contribution in [1.29, 1.82) is 0 Å². The molecule has 15 heteroatoms. The van der Waals surface area contributed by atoms with E-state index in [4.69, 9.17) is 28.3 Å². The molecule has 2 aliphatic rings. The summed E-state index contributed by atoms with van der Waals surface area (Å²) < 4.78 is 52.3. The highest BCUT2D eigenvalue weighted by Gasteiger charge is 2.29. The number of hydrogen-bond donors (Lipinski definition) is 2. The highest BCUT2D eigenvalue weighted by atomic mass is 35.5. The SMILES string of the molecule is CO.CS(=O)(=O)N(CC1CCCN(CC(=O)c2ccc(Cl)cc2)C1)c1ccccc1.CS(=O)(=O)N(CC1CCCN(CC(O)c2ccc(Cl)cc2)C1)c1ccccc1. The Morgan fingerprint density at radius 3 is 1.53 bits per heavy atom. The van der Waals surface area contributed by atoms with Gasteiger partial charge in [-0.05, 0) is 117 Å². The van der Waals surface area contributed by atoms with E-state index in [0.29, 0.717) is 59.7 Å². The maximum atomic E-state index is 12.5. The minimum Gasteiger partial charge on any atom is -0.400 e. The van der Waals surface area contributed by atoms with Crippen molar-refractivity contribution >= 4 is 60.4 Å². The molecule has 3 atom stereocenters. The number of aliphatic hydroxyl groups excluding tert-OH is 2. The molecule has 6 rings (SSSR count). The lowest BCUT2D eigenvalue weighted by Gasteiger charge is -2.36. The first-order valence-corrected chi connectivity index (χ1v) is 23.8. The molecule has 316 valence electrons. The number of sulfonamides is 2. The molecule has 0 spiro atoms. The Kier molecular flexibility index (Phi) is 18.5. The number of para-hydroxylation sites is 2. The fraction of sp³-hybridized carbons (Fsp3) is 0.419. The van der Waals surface area contributed by atoms with Gasteiger partial charge in [-0.15, -0.1) is 0 Å². The van der Waals surface area contributed by atoms with Crippen LogP contribution in [-0.4, -0.2) is 115 Å². The fourth-order valence-electron chi connectivity index (χ4n) is 7.40. The van der Waals surface area contributed by atoms with Gasteiger partial charge in [0, 0.05) is 55.4 Å². The molecular formula is C43H56Cl2N4O7S2. The van der Waals surface area contributed by atoms with E-state index in [1.807, 2.05) is 72.8 Å². The molecule has 2 fully saturated rings. The molecule has 11 nitrogen and oxygen atoms in total. The molecule has 2 N–H and O–H groups in total. The first kappa shape index (κ1) is 47.2. The number of nitrogens with zero attached hydrogens (tertiary/aromatic N) is 4. The number of carbonyl (C=O) groups is 1. The van der Waals surface area contributed by atoms with Gasteiger partial charge in [-0.1, -0.05) is 71.7 Å². The lowest BCUT2D eigenvalue weighted by atomic mass is 9.97. The number of carbonyl (C=O) groups excluding carboxylic acids is 1. The van der Waals surface area contributed by atoms with E-state index in [2.05, 4.69) is 9.80 Å². The van der Waals surface area contributed by atoms with Gasteiger partial charge in [0.05, 0.1) is 36.5 Å². The number of benzene rings is 4.